The maximum absolute atomic E-state index is 5.71. The molecule has 0 radical (unpaired) electrons. The van der Waals surface area contributed by atoms with Crippen LogP contribution in [0, 0.1) is 5.41 Å². The van der Waals surface area contributed by atoms with Crippen LogP contribution in [0.1, 0.15) is 5.56 Å². The van der Waals surface area contributed by atoms with E-state index >= 15 is 0 Å². The van der Waals surface area contributed by atoms with E-state index in [4.69, 9.17) is 9.47 Å². The zero-order valence-electron chi connectivity index (χ0n) is 8.62. The summed E-state index contributed by atoms with van der Waals surface area (Å²) in [5.41, 5.74) is 1.44. The molecule has 3 heteroatoms. The summed E-state index contributed by atoms with van der Waals surface area (Å²) >= 11 is 3.51. The molecule has 1 aromatic rings. The summed E-state index contributed by atoms with van der Waals surface area (Å²) < 4.78 is 10.9. The van der Waals surface area contributed by atoms with Crippen molar-refractivity contribution in [3.63, 3.8) is 0 Å². The third-order valence-electron chi connectivity index (χ3n) is 2.62. The van der Waals surface area contributed by atoms with Gasteiger partial charge in [0.1, 0.15) is 0 Å². The van der Waals surface area contributed by atoms with E-state index < -0.39 is 0 Å². The van der Waals surface area contributed by atoms with Crippen molar-refractivity contribution in [2.45, 2.75) is 6.61 Å². The highest BCUT2D eigenvalue weighted by molar-refractivity contribution is 9.09. The summed E-state index contributed by atoms with van der Waals surface area (Å²) in [4.78, 5) is 0. The fourth-order valence-corrected chi connectivity index (χ4v) is 2.04. The lowest BCUT2D eigenvalue weighted by molar-refractivity contribution is -0.136. The third-order valence-corrected chi connectivity index (χ3v) is 3.81. The molecule has 0 bridgehead atoms. The Bertz CT molecular complexity index is 290. The number of benzene rings is 1. The predicted molar refractivity (Wildman–Crippen MR) is 63.1 cm³/mol. The smallest absolute Gasteiger partial charge is 0.0717 e. The minimum absolute atomic E-state index is 0.217. The van der Waals surface area contributed by atoms with Crippen LogP contribution >= 0.6 is 15.9 Å². The van der Waals surface area contributed by atoms with Crippen molar-refractivity contribution in [3.05, 3.63) is 35.9 Å². The van der Waals surface area contributed by atoms with E-state index in [1.165, 1.54) is 5.56 Å². The number of alkyl halides is 1. The Morgan fingerprint density at radius 2 is 2.00 bits per heavy atom. The summed E-state index contributed by atoms with van der Waals surface area (Å²) in [5.74, 6) is 0. The number of rotatable bonds is 5. The molecule has 1 aliphatic rings. The minimum Gasteiger partial charge on any atom is -0.380 e. The highest BCUT2D eigenvalue weighted by Crippen LogP contribution is 2.30. The molecule has 0 unspecified atom stereocenters. The summed E-state index contributed by atoms with van der Waals surface area (Å²) in [6.07, 6.45) is 0. The molecule has 1 heterocycles. The first-order valence-electron chi connectivity index (χ1n) is 5.10. The average Bonchev–Trinajstić information content (AvgIpc) is 2.24. The average molecular weight is 271 g/mol. The maximum atomic E-state index is 5.71. The molecule has 0 aromatic heterocycles. The van der Waals surface area contributed by atoms with Crippen LogP contribution in [0.15, 0.2) is 30.3 Å². The number of halogens is 1. The summed E-state index contributed by atoms with van der Waals surface area (Å²) in [7, 11) is 0. The first-order chi connectivity index (χ1) is 7.35. The fourth-order valence-electron chi connectivity index (χ4n) is 1.55. The van der Waals surface area contributed by atoms with Gasteiger partial charge in [0.15, 0.2) is 0 Å². The minimum atomic E-state index is 0.217. The van der Waals surface area contributed by atoms with Gasteiger partial charge in [-0.15, -0.1) is 0 Å². The van der Waals surface area contributed by atoms with Crippen LogP contribution in [0.2, 0.25) is 0 Å². The molecular weight excluding hydrogens is 256 g/mol. The van der Waals surface area contributed by atoms with Gasteiger partial charge < -0.3 is 9.47 Å². The largest absolute Gasteiger partial charge is 0.380 e. The van der Waals surface area contributed by atoms with E-state index in [1.807, 2.05) is 18.2 Å². The van der Waals surface area contributed by atoms with Crippen LogP contribution < -0.4 is 0 Å². The molecular formula is C12H15BrO2. The van der Waals surface area contributed by atoms with Crippen LogP contribution in [0.25, 0.3) is 0 Å². The van der Waals surface area contributed by atoms with Gasteiger partial charge in [0, 0.05) is 5.33 Å². The van der Waals surface area contributed by atoms with Crippen LogP contribution in [0.4, 0.5) is 0 Å². The van der Waals surface area contributed by atoms with Crippen molar-refractivity contribution in [1.29, 1.82) is 0 Å². The van der Waals surface area contributed by atoms with Gasteiger partial charge in [0.25, 0.3) is 0 Å². The molecule has 0 N–H and O–H groups in total. The van der Waals surface area contributed by atoms with Crippen molar-refractivity contribution in [2.24, 2.45) is 5.41 Å². The van der Waals surface area contributed by atoms with Gasteiger partial charge in [0.05, 0.1) is 31.8 Å². The highest BCUT2D eigenvalue weighted by Gasteiger charge is 2.37. The lowest BCUT2D eigenvalue weighted by Gasteiger charge is -2.39. The normalized spacial score (nSPS) is 18.5. The van der Waals surface area contributed by atoms with Gasteiger partial charge >= 0.3 is 0 Å². The monoisotopic (exact) mass is 270 g/mol. The molecule has 1 saturated heterocycles. The van der Waals surface area contributed by atoms with E-state index in [0.717, 1.165) is 25.2 Å². The van der Waals surface area contributed by atoms with Crippen molar-refractivity contribution < 1.29 is 9.47 Å². The Kier molecular flexibility index (Phi) is 3.78. The molecule has 1 aliphatic heterocycles. The second kappa shape index (κ2) is 5.10. The van der Waals surface area contributed by atoms with Crippen molar-refractivity contribution >= 4 is 15.9 Å². The van der Waals surface area contributed by atoms with E-state index in [2.05, 4.69) is 28.1 Å². The topological polar surface area (TPSA) is 18.5 Å². The van der Waals surface area contributed by atoms with Gasteiger partial charge in [-0.3, -0.25) is 0 Å². The van der Waals surface area contributed by atoms with Crippen molar-refractivity contribution in [3.8, 4) is 0 Å². The number of ether oxygens (including phenoxy) is 2. The van der Waals surface area contributed by atoms with Crippen LogP contribution in [0.3, 0.4) is 0 Å². The van der Waals surface area contributed by atoms with E-state index in [-0.39, 0.29) is 5.41 Å². The highest BCUT2D eigenvalue weighted by atomic mass is 79.9. The molecule has 15 heavy (non-hydrogen) atoms. The Labute approximate surface area is 98.7 Å². The molecule has 2 nitrogen and oxygen atoms in total. The van der Waals surface area contributed by atoms with Crippen LogP contribution in [0.5, 0.6) is 0 Å². The summed E-state index contributed by atoms with van der Waals surface area (Å²) in [5, 5.41) is 0.953. The second-order valence-electron chi connectivity index (χ2n) is 4.10. The van der Waals surface area contributed by atoms with Crippen LogP contribution in [-0.2, 0) is 16.1 Å². The second-order valence-corrected chi connectivity index (χ2v) is 4.67. The third kappa shape index (κ3) is 2.80. The van der Waals surface area contributed by atoms with Gasteiger partial charge in [-0.05, 0) is 5.56 Å². The quantitative estimate of drug-likeness (QED) is 0.766. The van der Waals surface area contributed by atoms with Gasteiger partial charge in [-0.2, -0.15) is 0 Å². The predicted octanol–water partition coefficient (Wildman–Crippen LogP) is 2.61. The van der Waals surface area contributed by atoms with Crippen molar-refractivity contribution in [1.82, 2.24) is 0 Å². The zero-order chi connectivity index (χ0) is 10.6. The number of hydrogen-bond acceptors (Lipinski definition) is 2. The Hall–Kier alpha value is -0.380. The van der Waals surface area contributed by atoms with Gasteiger partial charge in [-0.1, -0.05) is 46.3 Å². The van der Waals surface area contributed by atoms with Gasteiger partial charge in [0.2, 0.25) is 0 Å². The van der Waals surface area contributed by atoms with E-state index in [1.54, 1.807) is 0 Å². The summed E-state index contributed by atoms with van der Waals surface area (Å²) in [6.45, 7) is 3.09. The molecule has 2 rings (SSSR count). The van der Waals surface area contributed by atoms with Gasteiger partial charge in [-0.25, -0.2) is 0 Å². The lowest BCUT2D eigenvalue weighted by Crippen LogP contribution is -2.47. The fraction of sp³-hybridized carbons (Fsp3) is 0.500. The molecule has 1 fully saturated rings. The standard InChI is InChI=1S/C12H15BrO2/c13-7-12(9-15-10-12)8-14-6-11-4-2-1-3-5-11/h1-5H,6-10H2. The molecule has 0 saturated carbocycles. The Morgan fingerprint density at radius 1 is 1.27 bits per heavy atom. The SMILES string of the molecule is BrCC1(COCc2ccccc2)COC1. The maximum Gasteiger partial charge on any atom is 0.0717 e. The van der Waals surface area contributed by atoms with Crippen LogP contribution in [-0.4, -0.2) is 25.2 Å². The molecule has 0 amide bonds. The molecule has 0 atom stereocenters. The first kappa shape index (κ1) is 11.1. The number of hydrogen-bond donors (Lipinski definition) is 0. The van der Waals surface area contributed by atoms with Crippen molar-refractivity contribution in [2.75, 3.05) is 25.2 Å². The van der Waals surface area contributed by atoms with E-state index in [9.17, 15) is 0 Å². The lowest BCUT2D eigenvalue weighted by atomic mass is 9.90. The van der Waals surface area contributed by atoms with E-state index in [0.29, 0.717) is 6.61 Å². The zero-order valence-corrected chi connectivity index (χ0v) is 10.2. The molecule has 0 spiro atoms. The Balaban J connectivity index is 1.75. The molecule has 0 aliphatic carbocycles. The molecule has 1 aromatic carbocycles. The summed E-state index contributed by atoms with van der Waals surface area (Å²) in [6, 6.07) is 10.2. The molecule has 82 valence electrons. The first-order valence-corrected chi connectivity index (χ1v) is 6.22. The Morgan fingerprint density at radius 3 is 2.53 bits per heavy atom.